The van der Waals surface area contributed by atoms with Crippen LogP contribution in [0.2, 0.25) is 0 Å². The monoisotopic (exact) mass is 1080 g/mol. The molecule has 0 amide bonds. The van der Waals surface area contributed by atoms with Crippen molar-refractivity contribution in [2.45, 2.75) is 213 Å². The summed E-state index contributed by atoms with van der Waals surface area (Å²) in [5, 5.41) is 0. The molecule has 0 aliphatic carbocycles. The van der Waals surface area contributed by atoms with E-state index in [4.69, 9.17) is 24.3 Å². The van der Waals surface area contributed by atoms with Gasteiger partial charge in [0.05, 0.1) is 13.2 Å². The lowest BCUT2D eigenvalue weighted by atomic mass is 10.1. The number of rotatable bonds is 53. The van der Waals surface area contributed by atoms with Gasteiger partial charge in [0.1, 0.15) is 6.61 Å². The van der Waals surface area contributed by atoms with E-state index in [0.717, 1.165) is 128 Å². The summed E-state index contributed by atoms with van der Waals surface area (Å²) in [7, 11) is -4.42. The van der Waals surface area contributed by atoms with Gasteiger partial charge in [-0.1, -0.05) is 235 Å². The van der Waals surface area contributed by atoms with E-state index in [1.165, 1.54) is 38.5 Å². The van der Waals surface area contributed by atoms with Crippen molar-refractivity contribution in [3.05, 3.63) is 170 Å². The van der Waals surface area contributed by atoms with E-state index in [-0.39, 0.29) is 32.6 Å². The van der Waals surface area contributed by atoms with E-state index < -0.39 is 32.5 Å². The number of hydrogen-bond acceptors (Lipinski definition) is 8. The Labute approximate surface area is 470 Å². The molecule has 77 heavy (non-hydrogen) atoms. The van der Waals surface area contributed by atoms with Crippen LogP contribution in [0, 0.1) is 0 Å². The fourth-order valence-corrected chi connectivity index (χ4v) is 8.07. The van der Waals surface area contributed by atoms with Gasteiger partial charge < -0.3 is 20.1 Å². The molecule has 3 N–H and O–H groups in total. The van der Waals surface area contributed by atoms with Crippen LogP contribution >= 0.6 is 7.82 Å². The van der Waals surface area contributed by atoms with Crippen molar-refractivity contribution in [3.8, 4) is 0 Å². The third kappa shape index (κ3) is 60.5. The number of allylic oxidation sites excluding steroid dienone is 28. The van der Waals surface area contributed by atoms with Gasteiger partial charge in [-0.25, -0.2) is 4.57 Å². The maximum Gasteiger partial charge on any atom is 0.472 e. The molecule has 0 saturated carbocycles. The smallest absolute Gasteiger partial charge is 0.462 e. The molecule has 2 atom stereocenters. The minimum absolute atomic E-state index is 0.0356. The molecule has 432 valence electrons. The lowest BCUT2D eigenvalue weighted by Crippen LogP contribution is -2.29. The quantitative estimate of drug-likeness (QED) is 0.0264. The molecule has 0 spiro atoms. The van der Waals surface area contributed by atoms with Crippen LogP contribution in [-0.2, 0) is 32.7 Å². The molecule has 0 fully saturated rings. The number of hydrogen-bond donors (Lipinski definition) is 2. The first-order chi connectivity index (χ1) is 37.8. The number of carbonyl (C=O) groups excluding carboxylic acids is 2. The van der Waals surface area contributed by atoms with Crippen LogP contribution in [-0.4, -0.2) is 49.3 Å². The molecule has 0 heterocycles. The molecule has 0 saturated heterocycles. The Kier molecular flexibility index (Phi) is 57.0. The molecule has 0 bridgehead atoms. The zero-order chi connectivity index (χ0) is 55.9. The summed E-state index contributed by atoms with van der Waals surface area (Å²) in [6.45, 7) is 3.44. The van der Waals surface area contributed by atoms with Gasteiger partial charge in [-0.05, 0) is 128 Å². The van der Waals surface area contributed by atoms with E-state index in [2.05, 4.69) is 184 Å². The molecule has 2 unspecified atom stereocenters. The van der Waals surface area contributed by atoms with E-state index in [9.17, 15) is 19.0 Å². The molecule has 0 aromatic carbocycles. The van der Waals surface area contributed by atoms with Crippen molar-refractivity contribution in [3.63, 3.8) is 0 Å². The van der Waals surface area contributed by atoms with Crippen LogP contribution in [0.5, 0.6) is 0 Å². The van der Waals surface area contributed by atoms with Gasteiger partial charge in [-0.3, -0.25) is 18.6 Å². The Morgan fingerprint density at radius 1 is 0.390 bits per heavy atom. The lowest BCUT2D eigenvalue weighted by molar-refractivity contribution is -0.161. The molecule has 0 aliphatic heterocycles. The van der Waals surface area contributed by atoms with Crippen LogP contribution in [0.15, 0.2) is 170 Å². The summed E-state index contributed by atoms with van der Waals surface area (Å²) < 4.78 is 33.0. The van der Waals surface area contributed by atoms with E-state index in [1.54, 1.807) is 0 Å². The number of ether oxygens (including phenoxy) is 2. The highest BCUT2D eigenvalue weighted by Crippen LogP contribution is 2.43. The number of phosphoric acid groups is 1. The first-order valence-electron chi connectivity index (χ1n) is 29.6. The fraction of sp³-hybridized carbons (Fsp3) is 0.552. The van der Waals surface area contributed by atoms with Crippen molar-refractivity contribution in [2.75, 3.05) is 26.4 Å². The summed E-state index contributed by atoms with van der Waals surface area (Å²) in [5.74, 6) is -0.898. The number of nitrogens with two attached hydrogens (primary N) is 1. The second kappa shape index (κ2) is 60.6. The van der Waals surface area contributed by atoms with Crippen molar-refractivity contribution < 1.29 is 37.6 Å². The molecule has 0 aromatic rings. The van der Waals surface area contributed by atoms with Crippen molar-refractivity contribution in [1.29, 1.82) is 0 Å². The largest absolute Gasteiger partial charge is 0.472 e. The summed E-state index contributed by atoms with van der Waals surface area (Å²) in [4.78, 5) is 35.2. The predicted octanol–water partition coefficient (Wildman–Crippen LogP) is 19.1. The topological polar surface area (TPSA) is 134 Å². The molecular weight excluding hydrogens is 978 g/mol. The summed E-state index contributed by atoms with van der Waals surface area (Å²) in [5.41, 5.74) is 5.38. The Morgan fingerprint density at radius 2 is 0.675 bits per heavy atom. The zero-order valence-electron chi connectivity index (χ0n) is 48.1. The van der Waals surface area contributed by atoms with Gasteiger partial charge in [0.15, 0.2) is 6.10 Å². The molecule has 10 heteroatoms. The average Bonchev–Trinajstić information content (AvgIpc) is 3.42. The molecule has 0 rings (SSSR count). The minimum Gasteiger partial charge on any atom is -0.462 e. The van der Waals surface area contributed by atoms with Gasteiger partial charge in [0.25, 0.3) is 0 Å². The van der Waals surface area contributed by atoms with Gasteiger partial charge in [-0.15, -0.1) is 0 Å². The van der Waals surface area contributed by atoms with Gasteiger partial charge in [0, 0.05) is 19.4 Å². The van der Waals surface area contributed by atoms with Crippen LogP contribution in [0.4, 0.5) is 0 Å². The number of esters is 2. The van der Waals surface area contributed by atoms with Crippen molar-refractivity contribution >= 4 is 19.8 Å². The molecule has 0 radical (unpaired) electrons. The minimum atomic E-state index is -4.42. The third-order valence-corrected chi connectivity index (χ3v) is 12.6. The van der Waals surface area contributed by atoms with Crippen molar-refractivity contribution in [2.24, 2.45) is 5.73 Å². The summed E-state index contributed by atoms with van der Waals surface area (Å²) in [6, 6.07) is 0. The van der Waals surface area contributed by atoms with Gasteiger partial charge in [-0.2, -0.15) is 0 Å². The number of phosphoric ester groups is 1. The first kappa shape index (κ1) is 72.4. The van der Waals surface area contributed by atoms with E-state index in [1.807, 2.05) is 0 Å². The first-order valence-corrected chi connectivity index (χ1v) is 31.1. The second-order valence-corrected chi connectivity index (χ2v) is 20.2. The van der Waals surface area contributed by atoms with E-state index in [0.29, 0.717) is 12.8 Å². The van der Waals surface area contributed by atoms with Crippen molar-refractivity contribution in [1.82, 2.24) is 0 Å². The average molecular weight is 1080 g/mol. The Bertz CT molecular complexity index is 1860. The predicted molar refractivity (Wildman–Crippen MR) is 329 cm³/mol. The highest BCUT2D eigenvalue weighted by molar-refractivity contribution is 7.47. The number of unbranched alkanes of at least 4 members (excludes halogenated alkanes) is 12. The highest BCUT2D eigenvalue weighted by atomic mass is 31.2. The standard InChI is InChI=1S/C67H106NO8P/c1-3-5-7-9-11-13-15-17-19-21-23-25-27-28-29-30-31-32-33-34-35-36-38-40-42-44-46-48-50-52-54-56-58-60-67(70)76-65(64-75-77(71,72)74-62-61-68)63-73-66(69)59-57-55-53-51-49-47-45-43-41-39-37-26-24-22-20-18-16-14-12-10-8-6-4-2/h5-8,11-14,17-20,23-26,28-29,31-32,34-35,38,40,44,46,50,52,65H,3-4,9-10,15-16,21-22,27,30,33,36-37,39,41-43,45,47-49,51,53-64,68H2,1-2H3,(H,71,72)/b7-5-,8-6-,13-11-,14-12-,19-17-,20-18-,25-23-,26-24-,29-28-,32-31-,35-34-,40-38-,46-44-,52-50-. The molecule has 0 aromatic heterocycles. The van der Waals surface area contributed by atoms with Crippen LogP contribution in [0.1, 0.15) is 206 Å². The Balaban J connectivity index is 4.14. The van der Waals surface area contributed by atoms with Gasteiger partial charge in [0.2, 0.25) is 0 Å². The second-order valence-electron chi connectivity index (χ2n) is 18.7. The van der Waals surface area contributed by atoms with Crippen LogP contribution in [0.3, 0.4) is 0 Å². The van der Waals surface area contributed by atoms with E-state index >= 15 is 0 Å². The SMILES string of the molecule is CC/C=C\C/C=C\C/C=C\C/C=C\C/C=C\C/C=C\C/C=C\C/C=C\C/C=C\C/C=C\CCCCC(=O)OC(COC(=O)CCCCCCCCCCCC/C=C\C/C=C\C/C=C\C/C=C\CC)COP(=O)(O)OCCN. The summed E-state index contributed by atoms with van der Waals surface area (Å²) in [6.07, 6.45) is 89.8. The fourth-order valence-electron chi connectivity index (χ4n) is 7.30. The zero-order valence-corrected chi connectivity index (χ0v) is 49.0. The third-order valence-electron chi connectivity index (χ3n) is 11.6. The Morgan fingerprint density at radius 3 is 1.03 bits per heavy atom. The maximum atomic E-state index is 12.7. The van der Waals surface area contributed by atoms with Gasteiger partial charge >= 0.3 is 19.8 Å². The normalized spacial score (nSPS) is 14.3. The molecular formula is C67H106NO8P. The van der Waals surface area contributed by atoms with Crippen LogP contribution < -0.4 is 5.73 Å². The Hall–Kier alpha value is -4.63. The highest BCUT2D eigenvalue weighted by Gasteiger charge is 2.26. The summed E-state index contributed by atoms with van der Waals surface area (Å²) >= 11 is 0. The molecule has 9 nitrogen and oxygen atoms in total. The maximum absolute atomic E-state index is 12.7. The molecule has 0 aliphatic rings. The van der Waals surface area contributed by atoms with Crippen LogP contribution in [0.25, 0.3) is 0 Å². The lowest BCUT2D eigenvalue weighted by Gasteiger charge is -2.19. The number of carbonyl (C=O) groups is 2.